The summed E-state index contributed by atoms with van der Waals surface area (Å²) in [6.07, 6.45) is 3.96. The van der Waals surface area contributed by atoms with Crippen molar-refractivity contribution in [3.05, 3.63) is 35.9 Å². The minimum absolute atomic E-state index is 0.648. The SMILES string of the molecule is CN[C@@H]1CCC[C@H]1NCc1ccccc1. The van der Waals surface area contributed by atoms with Gasteiger partial charge in [0.2, 0.25) is 0 Å². The highest BCUT2D eigenvalue weighted by Gasteiger charge is 2.24. The van der Waals surface area contributed by atoms with Crippen LogP contribution in [0.15, 0.2) is 30.3 Å². The second-order valence-corrected chi connectivity index (χ2v) is 4.30. The van der Waals surface area contributed by atoms with E-state index in [0.717, 1.165) is 6.54 Å². The molecule has 15 heavy (non-hydrogen) atoms. The number of rotatable bonds is 4. The van der Waals surface area contributed by atoms with Gasteiger partial charge in [-0.05, 0) is 25.5 Å². The number of hydrogen-bond acceptors (Lipinski definition) is 2. The van der Waals surface area contributed by atoms with Gasteiger partial charge in [0.05, 0.1) is 0 Å². The quantitative estimate of drug-likeness (QED) is 0.783. The molecule has 1 fully saturated rings. The van der Waals surface area contributed by atoms with Crippen molar-refractivity contribution in [2.45, 2.75) is 37.9 Å². The molecule has 1 aromatic carbocycles. The predicted octanol–water partition coefficient (Wildman–Crippen LogP) is 1.92. The van der Waals surface area contributed by atoms with Crippen LogP contribution in [0.5, 0.6) is 0 Å². The van der Waals surface area contributed by atoms with Crippen LogP contribution in [0.3, 0.4) is 0 Å². The molecule has 2 nitrogen and oxygen atoms in total. The lowest BCUT2D eigenvalue weighted by molar-refractivity contribution is 0.430. The van der Waals surface area contributed by atoms with Gasteiger partial charge in [-0.3, -0.25) is 0 Å². The summed E-state index contributed by atoms with van der Waals surface area (Å²) in [4.78, 5) is 0. The number of likely N-dealkylation sites (N-methyl/N-ethyl adjacent to an activating group) is 1. The Labute approximate surface area is 92.1 Å². The third-order valence-electron chi connectivity index (χ3n) is 3.30. The molecule has 0 bridgehead atoms. The average Bonchev–Trinajstić information content (AvgIpc) is 2.75. The van der Waals surface area contributed by atoms with E-state index in [9.17, 15) is 0 Å². The fraction of sp³-hybridized carbons (Fsp3) is 0.538. The molecule has 1 aliphatic rings. The molecule has 2 N–H and O–H groups in total. The van der Waals surface area contributed by atoms with Crippen molar-refractivity contribution < 1.29 is 0 Å². The van der Waals surface area contributed by atoms with Gasteiger partial charge in [0, 0.05) is 18.6 Å². The number of hydrogen-bond donors (Lipinski definition) is 2. The van der Waals surface area contributed by atoms with Crippen molar-refractivity contribution in [2.75, 3.05) is 7.05 Å². The Bertz CT molecular complexity index is 284. The van der Waals surface area contributed by atoms with E-state index in [4.69, 9.17) is 0 Å². The Kier molecular flexibility index (Phi) is 3.75. The average molecular weight is 204 g/mol. The molecule has 2 heteroatoms. The van der Waals surface area contributed by atoms with Gasteiger partial charge in [0.1, 0.15) is 0 Å². The van der Waals surface area contributed by atoms with Crippen LogP contribution in [-0.2, 0) is 6.54 Å². The maximum absolute atomic E-state index is 3.64. The fourth-order valence-corrected chi connectivity index (χ4v) is 2.39. The van der Waals surface area contributed by atoms with Crippen molar-refractivity contribution in [1.29, 1.82) is 0 Å². The van der Waals surface area contributed by atoms with Crippen molar-refractivity contribution >= 4 is 0 Å². The molecule has 0 aliphatic heterocycles. The van der Waals surface area contributed by atoms with Gasteiger partial charge in [-0.15, -0.1) is 0 Å². The maximum atomic E-state index is 3.64. The molecular formula is C13H20N2. The van der Waals surface area contributed by atoms with Crippen molar-refractivity contribution in [1.82, 2.24) is 10.6 Å². The molecule has 0 aromatic heterocycles. The standard InChI is InChI=1S/C13H20N2/c1-14-12-8-5-9-13(12)15-10-11-6-3-2-4-7-11/h2-4,6-7,12-15H,5,8-10H2,1H3/t12-,13-/m1/s1. The molecule has 82 valence electrons. The van der Waals surface area contributed by atoms with Crippen LogP contribution in [0.2, 0.25) is 0 Å². The molecule has 1 aromatic rings. The monoisotopic (exact) mass is 204 g/mol. The highest BCUT2D eigenvalue weighted by molar-refractivity contribution is 5.14. The number of benzene rings is 1. The predicted molar refractivity (Wildman–Crippen MR) is 63.8 cm³/mol. The zero-order chi connectivity index (χ0) is 10.5. The molecule has 0 unspecified atom stereocenters. The Morgan fingerprint density at radius 2 is 1.87 bits per heavy atom. The van der Waals surface area contributed by atoms with Crippen molar-refractivity contribution in [3.8, 4) is 0 Å². The smallest absolute Gasteiger partial charge is 0.0224 e. The lowest BCUT2D eigenvalue weighted by Gasteiger charge is -2.20. The molecule has 0 amide bonds. The van der Waals surface area contributed by atoms with Crippen LogP contribution in [0.25, 0.3) is 0 Å². The van der Waals surface area contributed by atoms with E-state index in [-0.39, 0.29) is 0 Å². The summed E-state index contributed by atoms with van der Waals surface area (Å²) >= 11 is 0. The molecule has 2 rings (SSSR count). The lowest BCUT2D eigenvalue weighted by atomic mass is 10.1. The number of nitrogens with one attached hydrogen (secondary N) is 2. The minimum atomic E-state index is 0.648. The van der Waals surface area contributed by atoms with Crippen LogP contribution >= 0.6 is 0 Å². The molecule has 1 aliphatic carbocycles. The molecule has 0 saturated heterocycles. The van der Waals surface area contributed by atoms with Crippen molar-refractivity contribution in [2.24, 2.45) is 0 Å². The van der Waals surface area contributed by atoms with Gasteiger partial charge in [-0.2, -0.15) is 0 Å². The minimum Gasteiger partial charge on any atom is -0.315 e. The van der Waals surface area contributed by atoms with Crippen LogP contribution in [-0.4, -0.2) is 19.1 Å². The first-order chi connectivity index (χ1) is 7.40. The first kappa shape index (κ1) is 10.7. The summed E-state index contributed by atoms with van der Waals surface area (Å²) in [5.41, 5.74) is 1.37. The third-order valence-corrected chi connectivity index (χ3v) is 3.30. The van der Waals surface area contributed by atoms with E-state index in [1.54, 1.807) is 0 Å². The van der Waals surface area contributed by atoms with Crippen LogP contribution in [0.1, 0.15) is 24.8 Å². The first-order valence-electron chi connectivity index (χ1n) is 5.84. The zero-order valence-electron chi connectivity index (χ0n) is 9.37. The Hall–Kier alpha value is -0.860. The van der Waals surface area contributed by atoms with Gasteiger partial charge < -0.3 is 10.6 Å². The lowest BCUT2D eigenvalue weighted by Crippen LogP contribution is -2.42. The van der Waals surface area contributed by atoms with Gasteiger partial charge in [0.15, 0.2) is 0 Å². The second kappa shape index (κ2) is 5.29. The van der Waals surface area contributed by atoms with E-state index in [0.29, 0.717) is 12.1 Å². The topological polar surface area (TPSA) is 24.1 Å². The van der Waals surface area contributed by atoms with Gasteiger partial charge in [0.25, 0.3) is 0 Å². The summed E-state index contributed by atoms with van der Waals surface area (Å²) in [7, 11) is 2.06. The van der Waals surface area contributed by atoms with E-state index < -0.39 is 0 Å². The molecule has 0 spiro atoms. The van der Waals surface area contributed by atoms with Gasteiger partial charge >= 0.3 is 0 Å². The summed E-state index contributed by atoms with van der Waals surface area (Å²) in [5.74, 6) is 0. The van der Waals surface area contributed by atoms with Crippen LogP contribution < -0.4 is 10.6 Å². The summed E-state index contributed by atoms with van der Waals surface area (Å²) in [6.45, 7) is 0.990. The van der Waals surface area contributed by atoms with E-state index in [1.807, 2.05) is 0 Å². The largest absolute Gasteiger partial charge is 0.315 e. The zero-order valence-corrected chi connectivity index (χ0v) is 9.37. The maximum Gasteiger partial charge on any atom is 0.0224 e. The molecule has 0 heterocycles. The molecular weight excluding hydrogens is 184 g/mol. The second-order valence-electron chi connectivity index (χ2n) is 4.30. The summed E-state index contributed by atoms with van der Waals surface area (Å²) in [5, 5.41) is 7.02. The Morgan fingerprint density at radius 1 is 1.13 bits per heavy atom. The summed E-state index contributed by atoms with van der Waals surface area (Å²) in [6, 6.07) is 11.9. The van der Waals surface area contributed by atoms with Crippen molar-refractivity contribution in [3.63, 3.8) is 0 Å². The Morgan fingerprint density at radius 3 is 2.60 bits per heavy atom. The third kappa shape index (κ3) is 2.80. The van der Waals surface area contributed by atoms with E-state index >= 15 is 0 Å². The summed E-state index contributed by atoms with van der Waals surface area (Å²) < 4.78 is 0. The van der Waals surface area contributed by atoms with Crippen LogP contribution in [0.4, 0.5) is 0 Å². The molecule has 0 radical (unpaired) electrons. The van der Waals surface area contributed by atoms with Gasteiger partial charge in [-0.25, -0.2) is 0 Å². The van der Waals surface area contributed by atoms with Crippen LogP contribution in [0, 0.1) is 0 Å². The molecule has 1 saturated carbocycles. The van der Waals surface area contributed by atoms with Gasteiger partial charge in [-0.1, -0.05) is 36.8 Å². The fourth-order valence-electron chi connectivity index (χ4n) is 2.39. The van der Waals surface area contributed by atoms with E-state index in [2.05, 4.69) is 48.0 Å². The molecule has 2 atom stereocenters. The normalized spacial score (nSPS) is 25.7. The Balaban J connectivity index is 1.83. The highest BCUT2D eigenvalue weighted by Crippen LogP contribution is 2.19. The van der Waals surface area contributed by atoms with E-state index in [1.165, 1.54) is 24.8 Å². The first-order valence-corrected chi connectivity index (χ1v) is 5.84. The highest BCUT2D eigenvalue weighted by atomic mass is 15.0.